The largest absolute Gasteiger partial charge is 0.212 e. The molecule has 1 fully saturated rings. The van der Waals surface area contributed by atoms with Crippen LogP contribution in [0.2, 0.25) is 0 Å². The monoisotopic (exact) mass is 267 g/mol. The van der Waals surface area contributed by atoms with Crippen molar-refractivity contribution in [3.8, 4) is 0 Å². The fourth-order valence-electron chi connectivity index (χ4n) is 2.15. The van der Waals surface area contributed by atoms with Crippen molar-refractivity contribution in [2.45, 2.75) is 51.5 Å². The van der Waals surface area contributed by atoms with Crippen LogP contribution in [0.5, 0.6) is 0 Å². The van der Waals surface area contributed by atoms with Gasteiger partial charge in [0.2, 0.25) is 10.0 Å². The lowest BCUT2D eigenvalue weighted by Gasteiger charge is -2.26. The molecule has 1 aliphatic carbocycles. The molecule has 0 atom stereocenters. The van der Waals surface area contributed by atoms with Crippen molar-refractivity contribution in [1.82, 2.24) is 4.72 Å². The van der Waals surface area contributed by atoms with Gasteiger partial charge in [-0.15, -0.1) is 11.6 Å². The Labute approximate surface area is 104 Å². The van der Waals surface area contributed by atoms with Gasteiger partial charge < -0.3 is 0 Å². The zero-order chi connectivity index (χ0) is 12.2. The first-order chi connectivity index (χ1) is 7.35. The molecule has 0 aromatic carbocycles. The van der Waals surface area contributed by atoms with E-state index in [9.17, 15) is 8.42 Å². The number of nitrogens with one attached hydrogen (secondary N) is 1. The highest BCUT2D eigenvalue weighted by molar-refractivity contribution is 7.89. The van der Waals surface area contributed by atoms with E-state index in [0.29, 0.717) is 5.92 Å². The second-order valence-corrected chi connectivity index (χ2v) is 7.44. The van der Waals surface area contributed by atoms with Gasteiger partial charge in [-0.05, 0) is 32.6 Å². The van der Waals surface area contributed by atoms with Crippen molar-refractivity contribution in [2.24, 2.45) is 5.92 Å². The lowest BCUT2D eigenvalue weighted by atomic mass is 9.91. The fraction of sp³-hybridized carbons (Fsp3) is 1.00. The van der Waals surface area contributed by atoms with Crippen molar-refractivity contribution in [1.29, 1.82) is 0 Å². The SMILES string of the molecule is CC(C)(CCl)NS(=O)(=O)CC1CCCCC1. The molecule has 0 bridgehead atoms. The van der Waals surface area contributed by atoms with Crippen LogP contribution in [0.1, 0.15) is 46.0 Å². The summed E-state index contributed by atoms with van der Waals surface area (Å²) in [5.74, 6) is 0.877. The van der Waals surface area contributed by atoms with Crippen molar-refractivity contribution >= 4 is 21.6 Å². The average Bonchev–Trinajstić information content (AvgIpc) is 2.17. The van der Waals surface area contributed by atoms with Gasteiger partial charge in [0.15, 0.2) is 0 Å². The van der Waals surface area contributed by atoms with Crippen molar-refractivity contribution in [3.05, 3.63) is 0 Å². The summed E-state index contributed by atoms with van der Waals surface area (Å²) in [7, 11) is -3.19. The summed E-state index contributed by atoms with van der Waals surface area (Å²) in [5.41, 5.74) is -0.547. The normalized spacial score (nSPS) is 19.9. The Bertz CT molecular complexity index is 308. The van der Waals surface area contributed by atoms with Crippen LogP contribution >= 0.6 is 11.6 Å². The third-order valence-corrected chi connectivity index (χ3v) is 5.39. The summed E-state index contributed by atoms with van der Waals surface area (Å²) in [6.45, 7) is 3.61. The lowest BCUT2D eigenvalue weighted by Crippen LogP contribution is -2.46. The van der Waals surface area contributed by atoms with E-state index >= 15 is 0 Å². The first kappa shape index (κ1) is 14.3. The van der Waals surface area contributed by atoms with E-state index in [1.807, 2.05) is 0 Å². The number of alkyl halides is 1. The highest BCUT2D eigenvalue weighted by Crippen LogP contribution is 2.25. The van der Waals surface area contributed by atoms with E-state index in [1.54, 1.807) is 13.8 Å². The zero-order valence-electron chi connectivity index (χ0n) is 10.1. The van der Waals surface area contributed by atoms with Crippen molar-refractivity contribution in [3.63, 3.8) is 0 Å². The summed E-state index contributed by atoms with van der Waals surface area (Å²) in [4.78, 5) is 0. The van der Waals surface area contributed by atoms with Gasteiger partial charge in [0.05, 0.1) is 5.75 Å². The minimum atomic E-state index is -3.19. The maximum absolute atomic E-state index is 11.9. The van der Waals surface area contributed by atoms with E-state index in [4.69, 9.17) is 11.6 Å². The Morgan fingerprint density at radius 1 is 1.25 bits per heavy atom. The molecular weight excluding hydrogens is 246 g/mol. The Morgan fingerprint density at radius 3 is 2.31 bits per heavy atom. The van der Waals surface area contributed by atoms with Crippen LogP contribution in [0, 0.1) is 5.92 Å². The van der Waals surface area contributed by atoms with Crippen LogP contribution in [-0.2, 0) is 10.0 Å². The molecule has 0 unspecified atom stereocenters. The Kier molecular flexibility index (Phi) is 5.08. The van der Waals surface area contributed by atoms with Crippen molar-refractivity contribution in [2.75, 3.05) is 11.6 Å². The maximum atomic E-state index is 11.9. The topological polar surface area (TPSA) is 46.2 Å². The summed E-state index contributed by atoms with van der Waals surface area (Å²) >= 11 is 5.72. The maximum Gasteiger partial charge on any atom is 0.212 e. The predicted octanol–water partition coefficient (Wildman–Crippen LogP) is 2.50. The van der Waals surface area contributed by atoms with E-state index in [0.717, 1.165) is 12.8 Å². The number of halogens is 1. The van der Waals surface area contributed by atoms with Crippen LogP contribution < -0.4 is 4.72 Å². The van der Waals surface area contributed by atoms with Gasteiger partial charge in [0.1, 0.15) is 0 Å². The molecule has 0 aromatic heterocycles. The first-order valence-electron chi connectivity index (χ1n) is 5.92. The van der Waals surface area contributed by atoms with Gasteiger partial charge in [0.25, 0.3) is 0 Å². The van der Waals surface area contributed by atoms with Crippen LogP contribution in [0.3, 0.4) is 0 Å². The van der Waals surface area contributed by atoms with E-state index in [1.165, 1.54) is 19.3 Å². The molecule has 0 aromatic rings. The van der Waals surface area contributed by atoms with Gasteiger partial charge in [-0.1, -0.05) is 19.3 Å². The minimum absolute atomic E-state index is 0.257. The van der Waals surface area contributed by atoms with Crippen LogP contribution in [0.25, 0.3) is 0 Å². The first-order valence-corrected chi connectivity index (χ1v) is 8.11. The Hall–Kier alpha value is 0.200. The van der Waals surface area contributed by atoms with Gasteiger partial charge >= 0.3 is 0 Å². The van der Waals surface area contributed by atoms with E-state index < -0.39 is 15.6 Å². The molecular formula is C11H22ClNO2S. The van der Waals surface area contributed by atoms with E-state index in [2.05, 4.69) is 4.72 Å². The molecule has 0 heterocycles. The van der Waals surface area contributed by atoms with E-state index in [-0.39, 0.29) is 11.6 Å². The highest BCUT2D eigenvalue weighted by Gasteiger charge is 2.27. The summed E-state index contributed by atoms with van der Waals surface area (Å²) in [6.07, 6.45) is 5.67. The Morgan fingerprint density at radius 2 is 1.81 bits per heavy atom. The molecule has 1 N–H and O–H groups in total. The smallest absolute Gasteiger partial charge is 0.212 e. The van der Waals surface area contributed by atoms with Gasteiger partial charge in [-0.3, -0.25) is 0 Å². The quantitative estimate of drug-likeness (QED) is 0.778. The molecule has 96 valence electrons. The van der Waals surface area contributed by atoms with Gasteiger partial charge in [-0.25, -0.2) is 13.1 Å². The van der Waals surface area contributed by atoms with Crippen LogP contribution in [0.4, 0.5) is 0 Å². The van der Waals surface area contributed by atoms with Crippen LogP contribution in [-0.4, -0.2) is 25.6 Å². The molecule has 0 saturated heterocycles. The standard InChI is InChI=1S/C11H22ClNO2S/c1-11(2,9-12)13-16(14,15)8-10-6-4-3-5-7-10/h10,13H,3-9H2,1-2H3. The number of hydrogen-bond donors (Lipinski definition) is 1. The predicted molar refractivity (Wildman–Crippen MR) is 68.3 cm³/mol. The lowest BCUT2D eigenvalue weighted by molar-refractivity contribution is 0.381. The molecule has 0 spiro atoms. The zero-order valence-corrected chi connectivity index (χ0v) is 11.7. The molecule has 0 aliphatic heterocycles. The highest BCUT2D eigenvalue weighted by atomic mass is 35.5. The van der Waals surface area contributed by atoms with Gasteiger partial charge in [0, 0.05) is 11.4 Å². The third-order valence-electron chi connectivity index (χ3n) is 2.95. The summed E-state index contributed by atoms with van der Waals surface area (Å²) < 4.78 is 26.5. The fourth-order valence-corrected chi connectivity index (χ4v) is 4.25. The molecule has 16 heavy (non-hydrogen) atoms. The molecule has 0 radical (unpaired) electrons. The second-order valence-electron chi connectivity index (χ2n) is 5.41. The Balaban J connectivity index is 2.50. The van der Waals surface area contributed by atoms with Gasteiger partial charge in [-0.2, -0.15) is 0 Å². The molecule has 1 aliphatic rings. The summed E-state index contributed by atoms with van der Waals surface area (Å²) in [6, 6.07) is 0. The van der Waals surface area contributed by atoms with Crippen molar-refractivity contribution < 1.29 is 8.42 Å². The molecule has 1 saturated carbocycles. The summed E-state index contributed by atoms with van der Waals surface area (Å²) in [5, 5.41) is 0. The minimum Gasteiger partial charge on any atom is -0.212 e. The molecule has 1 rings (SSSR count). The number of rotatable bonds is 5. The molecule has 3 nitrogen and oxygen atoms in total. The number of sulfonamides is 1. The molecule has 5 heteroatoms. The van der Waals surface area contributed by atoms with Crippen LogP contribution in [0.15, 0.2) is 0 Å². The average molecular weight is 268 g/mol. The number of hydrogen-bond acceptors (Lipinski definition) is 2. The third kappa shape index (κ3) is 5.02. The second kappa shape index (κ2) is 5.69. The molecule has 0 amide bonds.